The SMILES string of the molecule is O=C1CCCC2=C1C(c1ccc(O)c(Br)c1)n1nc(SCc3ccccc3Cl)nc1N2. The van der Waals surface area contributed by atoms with Crippen molar-refractivity contribution in [3.05, 3.63) is 74.4 Å². The van der Waals surface area contributed by atoms with E-state index in [1.165, 1.54) is 11.8 Å². The Morgan fingerprint density at radius 1 is 1.26 bits per heavy atom. The van der Waals surface area contributed by atoms with Crippen molar-refractivity contribution in [3.63, 3.8) is 0 Å². The third-order valence-corrected chi connectivity index (χ3v) is 7.34. The van der Waals surface area contributed by atoms with Gasteiger partial charge in [-0.25, -0.2) is 4.68 Å². The van der Waals surface area contributed by atoms with Crippen LogP contribution in [0.5, 0.6) is 5.75 Å². The summed E-state index contributed by atoms with van der Waals surface area (Å²) in [5, 5.41) is 19.3. The summed E-state index contributed by atoms with van der Waals surface area (Å²) in [5.41, 5.74) is 3.51. The quantitative estimate of drug-likeness (QED) is 0.431. The highest BCUT2D eigenvalue weighted by molar-refractivity contribution is 9.10. The Morgan fingerprint density at radius 3 is 2.90 bits per heavy atom. The van der Waals surface area contributed by atoms with Crippen LogP contribution in [0.2, 0.25) is 5.02 Å². The first kappa shape index (κ1) is 20.6. The number of allylic oxidation sites excluding steroid dienone is 2. The number of hydrogen-bond acceptors (Lipinski definition) is 6. The number of fused-ring (bicyclic) bond motifs is 1. The number of benzene rings is 2. The summed E-state index contributed by atoms with van der Waals surface area (Å²) in [5.74, 6) is 1.53. The molecule has 0 spiro atoms. The van der Waals surface area contributed by atoms with Crippen LogP contribution in [0.15, 0.2) is 63.4 Å². The molecule has 5 rings (SSSR count). The average molecular weight is 518 g/mol. The van der Waals surface area contributed by atoms with Crippen molar-refractivity contribution in [2.45, 2.75) is 36.2 Å². The number of phenols is 1. The molecule has 1 unspecified atom stereocenters. The first-order valence-electron chi connectivity index (χ1n) is 9.85. The molecule has 158 valence electrons. The fourth-order valence-corrected chi connectivity index (χ4v) is 5.47. The summed E-state index contributed by atoms with van der Waals surface area (Å²) in [6.45, 7) is 0. The van der Waals surface area contributed by atoms with Crippen LogP contribution in [-0.2, 0) is 10.5 Å². The fourth-order valence-electron chi connectivity index (χ4n) is 3.96. The number of carbonyl (C=O) groups is 1. The van der Waals surface area contributed by atoms with E-state index in [1.807, 2.05) is 36.4 Å². The molecule has 2 N–H and O–H groups in total. The van der Waals surface area contributed by atoms with Crippen LogP contribution >= 0.6 is 39.3 Å². The van der Waals surface area contributed by atoms with E-state index in [1.54, 1.807) is 10.7 Å². The van der Waals surface area contributed by atoms with E-state index in [0.29, 0.717) is 32.8 Å². The highest BCUT2D eigenvalue weighted by Gasteiger charge is 2.37. The number of aromatic hydroxyl groups is 1. The van der Waals surface area contributed by atoms with Crippen molar-refractivity contribution in [1.29, 1.82) is 0 Å². The third-order valence-electron chi connectivity index (χ3n) is 5.45. The largest absolute Gasteiger partial charge is 0.507 e. The van der Waals surface area contributed by atoms with Gasteiger partial charge in [-0.2, -0.15) is 4.98 Å². The van der Waals surface area contributed by atoms with Crippen molar-refractivity contribution in [2.75, 3.05) is 5.32 Å². The second-order valence-electron chi connectivity index (χ2n) is 7.45. The summed E-state index contributed by atoms with van der Waals surface area (Å²) in [7, 11) is 0. The second kappa shape index (κ2) is 8.33. The van der Waals surface area contributed by atoms with E-state index in [4.69, 9.17) is 16.7 Å². The average Bonchev–Trinajstić information content (AvgIpc) is 3.16. The van der Waals surface area contributed by atoms with E-state index in [-0.39, 0.29) is 11.5 Å². The number of thioether (sulfide) groups is 1. The number of nitrogens with zero attached hydrogens (tertiary/aromatic N) is 3. The number of hydrogen-bond donors (Lipinski definition) is 2. The van der Waals surface area contributed by atoms with Crippen molar-refractivity contribution in [3.8, 4) is 5.75 Å². The van der Waals surface area contributed by atoms with E-state index >= 15 is 0 Å². The number of aromatic nitrogens is 3. The highest BCUT2D eigenvalue weighted by Crippen LogP contribution is 2.42. The molecule has 1 aromatic heterocycles. The van der Waals surface area contributed by atoms with Gasteiger partial charge in [0.05, 0.1) is 4.47 Å². The summed E-state index contributed by atoms with van der Waals surface area (Å²) < 4.78 is 2.35. The monoisotopic (exact) mass is 516 g/mol. The molecule has 0 radical (unpaired) electrons. The molecule has 6 nitrogen and oxygen atoms in total. The molecule has 1 aliphatic carbocycles. The van der Waals surface area contributed by atoms with Gasteiger partial charge in [-0.15, -0.1) is 5.10 Å². The lowest BCUT2D eigenvalue weighted by Gasteiger charge is -2.32. The maximum atomic E-state index is 12.9. The number of carbonyl (C=O) groups excluding carboxylic acids is 1. The molecule has 31 heavy (non-hydrogen) atoms. The number of Topliss-reactive ketones (excluding diaryl/α,β-unsaturated/α-hetero) is 1. The predicted octanol–water partition coefficient (Wildman–Crippen LogP) is 5.71. The zero-order valence-electron chi connectivity index (χ0n) is 16.3. The molecule has 1 aliphatic heterocycles. The summed E-state index contributed by atoms with van der Waals surface area (Å²) in [4.78, 5) is 17.6. The minimum absolute atomic E-state index is 0.120. The number of nitrogens with one attached hydrogen (secondary N) is 1. The fraction of sp³-hybridized carbons (Fsp3) is 0.227. The van der Waals surface area contributed by atoms with E-state index in [2.05, 4.69) is 26.2 Å². The third kappa shape index (κ3) is 3.88. The molecule has 0 saturated carbocycles. The van der Waals surface area contributed by atoms with Crippen molar-refractivity contribution in [1.82, 2.24) is 14.8 Å². The molecular weight excluding hydrogens is 500 g/mol. The zero-order chi connectivity index (χ0) is 21.5. The minimum Gasteiger partial charge on any atom is -0.507 e. The van der Waals surface area contributed by atoms with E-state index < -0.39 is 6.04 Å². The number of phenolic OH excluding ortho intramolecular Hbond substituents is 1. The molecular formula is C22H18BrClN4O2S. The zero-order valence-corrected chi connectivity index (χ0v) is 19.5. The highest BCUT2D eigenvalue weighted by atomic mass is 79.9. The van der Waals surface area contributed by atoms with Gasteiger partial charge in [-0.1, -0.05) is 47.6 Å². The topological polar surface area (TPSA) is 80.0 Å². The van der Waals surface area contributed by atoms with Gasteiger partial charge in [0.15, 0.2) is 5.78 Å². The molecule has 0 amide bonds. The van der Waals surface area contributed by atoms with Crippen LogP contribution in [0.3, 0.4) is 0 Å². The molecule has 2 aliphatic rings. The van der Waals surface area contributed by atoms with Gasteiger partial charge in [0, 0.05) is 28.5 Å². The Balaban J connectivity index is 1.53. The van der Waals surface area contributed by atoms with Gasteiger partial charge >= 0.3 is 0 Å². The van der Waals surface area contributed by atoms with Crippen molar-refractivity contribution >= 4 is 51.0 Å². The maximum absolute atomic E-state index is 12.9. The molecule has 3 aromatic rings. The van der Waals surface area contributed by atoms with Crippen LogP contribution in [-0.4, -0.2) is 25.7 Å². The van der Waals surface area contributed by atoms with Crippen LogP contribution < -0.4 is 5.32 Å². The number of ketones is 1. The molecule has 0 saturated heterocycles. The Morgan fingerprint density at radius 2 is 2.10 bits per heavy atom. The van der Waals surface area contributed by atoms with Crippen molar-refractivity contribution in [2.24, 2.45) is 0 Å². The maximum Gasteiger partial charge on any atom is 0.227 e. The first-order chi connectivity index (χ1) is 15.0. The standard InChI is InChI=1S/C22H18BrClN4O2S/c23-14-10-12(8-9-17(14)29)20-19-16(6-3-7-18(19)30)25-21-26-22(27-28(20)21)31-11-13-4-1-2-5-15(13)24/h1-2,4-5,8-10,20,29H,3,6-7,11H2,(H,25,26,27). The molecule has 2 heterocycles. The van der Waals surface area contributed by atoms with E-state index in [9.17, 15) is 9.90 Å². The minimum atomic E-state index is -0.391. The van der Waals surface area contributed by atoms with Crippen LogP contribution in [0.25, 0.3) is 0 Å². The first-order valence-corrected chi connectivity index (χ1v) is 12.0. The summed E-state index contributed by atoms with van der Waals surface area (Å²) >= 11 is 11.2. The summed E-state index contributed by atoms with van der Waals surface area (Å²) in [6.07, 6.45) is 2.14. The summed E-state index contributed by atoms with van der Waals surface area (Å²) in [6, 6.07) is 12.6. The lowest BCUT2D eigenvalue weighted by Crippen LogP contribution is -2.31. The normalized spacial score (nSPS) is 17.9. The smallest absolute Gasteiger partial charge is 0.227 e. The Kier molecular flexibility index (Phi) is 5.54. The van der Waals surface area contributed by atoms with Gasteiger partial charge in [0.25, 0.3) is 0 Å². The van der Waals surface area contributed by atoms with Crippen LogP contribution in [0.1, 0.15) is 36.4 Å². The Hall–Kier alpha value is -2.29. The molecule has 9 heteroatoms. The molecule has 2 aromatic carbocycles. The van der Waals surface area contributed by atoms with Crippen molar-refractivity contribution < 1.29 is 9.90 Å². The van der Waals surface area contributed by atoms with Crippen LogP contribution in [0.4, 0.5) is 5.95 Å². The van der Waals surface area contributed by atoms with Crippen LogP contribution in [0, 0.1) is 0 Å². The van der Waals surface area contributed by atoms with Gasteiger partial charge in [0.2, 0.25) is 11.1 Å². The molecule has 1 atom stereocenters. The van der Waals surface area contributed by atoms with Gasteiger partial charge in [-0.3, -0.25) is 4.79 Å². The van der Waals surface area contributed by atoms with E-state index in [0.717, 1.165) is 35.2 Å². The van der Waals surface area contributed by atoms with Gasteiger partial charge in [0.1, 0.15) is 11.8 Å². The Labute approximate surface area is 196 Å². The van der Waals surface area contributed by atoms with Gasteiger partial charge in [-0.05, 0) is 58.1 Å². The second-order valence-corrected chi connectivity index (χ2v) is 9.65. The predicted molar refractivity (Wildman–Crippen MR) is 124 cm³/mol. The lowest BCUT2D eigenvalue weighted by molar-refractivity contribution is -0.116. The van der Waals surface area contributed by atoms with Gasteiger partial charge < -0.3 is 10.4 Å². The number of anilines is 1. The molecule has 0 fully saturated rings. The number of rotatable bonds is 4. The number of halogens is 2. The lowest BCUT2D eigenvalue weighted by atomic mass is 9.85. The molecule has 0 bridgehead atoms. The Bertz CT molecular complexity index is 1230.